The summed E-state index contributed by atoms with van der Waals surface area (Å²) < 4.78 is 0. The summed E-state index contributed by atoms with van der Waals surface area (Å²) in [6.07, 6.45) is 3.37. The zero-order chi connectivity index (χ0) is 11.5. The van der Waals surface area contributed by atoms with Crippen molar-refractivity contribution in [1.82, 2.24) is 9.97 Å². The molecular weight excluding hydrogens is 222 g/mol. The van der Waals surface area contributed by atoms with Gasteiger partial charge in [-0.3, -0.25) is 0 Å². The Balaban J connectivity index is 2.59. The van der Waals surface area contributed by atoms with Crippen LogP contribution in [0.5, 0.6) is 0 Å². The minimum Gasteiger partial charge on any atom is -0.383 e. The first-order valence-electron chi connectivity index (χ1n) is 4.72. The van der Waals surface area contributed by atoms with Gasteiger partial charge >= 0.3 is 0 Å². The number of azo groups is 1. The predicted molar refractivity (Wildman–Crippen MR) is 66.3 cm³/mol. The molecule has 16 heavy (non-hydrogen) atoms. The van der Waals surface area contributed by atoms with Crippen LogP contribution in [0.2, 0.25) is 0 Å². The second-order valence-corrected chi connectivity index (χ2v) is 4.09. The highest BCUT2D eigenvalue weighted by atomic mass is 32.1. The molecule has 0 unspecified atom stereocenters. The van der Waals surface area contributed by atoms with Gasteiger partial charge in [0.1, 0.15) is 17.0 Å². The number of thiophene rings is 1. The minimum absolute atomic E-state index is 0.497. The first-order valence-corrected chi connectivity index (χ1v) is 5.54. The summed E-state index contributed by atoms with van der Waals surface area (Å²) in [5, 5.41) is 8.69. The Morgan fingerprint density at radius 1 is 1.50 bits per heavy atom. The maximum Gasteiger partial charge on any atom is 0.135 e. The van der Waals surface area contributed by atoms with E-state index in [0.717, 1.165) is 20.8 Å². The molecule has 2 N–H and O–H groups in total. The van der Waals surface area contributed by atoms with Crippen molar-refractivity contribution in [1.29, 1.82) is 0 Å². The Morgan fingerprint density at radius 3 is 2.94 bits per heavy atom. The van der Waals surface area contributed by atoms with Crippen molar-refractivity contribution in [2.45, 2.75) is 6.92 Å². The van der Waals surface area contributed by atoms with E-state index in [2.05, 4.69) is 20.2 Å². The Labute approximate surface area is 96.7 Å². The smallest absolute Gasteiger partial charge is 0.135 e. The lowest BCUT2D eigenvalue weighted by atomic mass is 10.3. The highest BCUT2D eigenvalue weighted by Gasteiger charge is 2.09. The van der Waals surface area contributed by atoms with Gasteiger partial charge in [0.25, 0.3) is 0 Å². The van der Waals surface area contributed by atoms with Crippen LogP contribution in [-0.2, 0) is 0 Å². The number of aromatic nitrogens is 2. The molecule has 0 amide bonds. The van der Waals surface area contributed by atoms with E-state index < -0.39 is 0 Å². The van der Waals surface area contributed by atoms with Crippen molar-refractivity contribution in [2.24, 2.45) is 10.2 Å². The third kappa shape index (κ3) is 1.79. The topological polar surface area (TPSA) is 76.5 Å². The normalized spacial score (nSPS) is 12.8. The van der Waals surface area contributed by atoms with Gasteiger partial charge in [0.05, 0.1) is 16.0 Å². The molecular formula is C10H11N5S. The van der Waals surface area contributed by atoms with Crippen LogP contribution in [-0.4, -0.2) is 17.0 Å². The van der Waals surface area contributed by atoms with Gasteiger partial charge in [0, 0.05) is 7.05 Å². The molecule has 0 radical (unpaired) electrons. The van der Waals surface area contributed by atoms with Crippen LogP contribution in [0.15, 0.2) is 28.7 Å². The van der Waals surface area contributed by atoms with Crippen LogP contribution in [0.3, 0.4) is 0 Å². The fraction of sp³-hybridized carbons (Fsp3) is 0.200. The zero-order valence-electron chi connectivity index (χ0n) is 9.01. The van der Waals surface area contributed by atoms with Gasteiger partial charge in [-0.25, -0.2) is 9.97 Å². The number of nitrogens with two attached hydrogens (primary N) is 1. The molecule has 0 bridgehead atoms. The van der Waals surface area contributed by atoms with Crippen molar-refractivity contribution in [2.75, 3.05) is 12.8 Å². The first kappa shape index (κ1) is 10.7. The van der Waals surface area contributed by atoms with Crippen molar-refractivity contribution in [3.63, 3.8) is 0 Å². The van der Waals surface area contributed by atoms with E-state index >= 15 is 0 Å². The highest BCUT2D eigenvalue weighted by molar-refractivity contribution is 7.19. The molecule has 0 aliphatic heterocycles. The molecule has 2 heterocycles. The number of anilines is 1. The molecule has 0 aromatic carbocycles. The quantitative estimate of drug-likeness (QED) is 0.810. The molecule has 0 saturated heterocycles. The highest BCUT2D eigenvalue weighted by Crippen LogP contribution is 2.31. The van der Waals surface area contributed by atoms with Crippen molar-refractivity contribution in [3.05, 3.63) is 23.3 Å². The maximum absolute atomic E-state index is 5.77. The Bertz CT molecular complexity index is 570. The molecule has 0 saturated carbocycles. The fourth-order valence-electron chi connectivity index (χ4n) is 1.36. The van der Waals surface area contributed by atoms with E-state index in [-0.39, 0.29) is 0 Å². The number of fused-ring (bicyclic) bond motifs is 1. The molecule has 6 heteroatoms. The van der Waals surface area contributed by atoms with Gasteiger partial charge in [-0.1, -0.05) is 6.08 Å². The van der Waals surface area contributed by atoms with Crippen molar-refractivity contribution >= 4 is 33.1 Å². The van der Waals surface area contributed by atoms with Crippen LogP contribution in [0.4, 0.5) is 5.82 Å². The van der Waals surface area contributed by atoms with E-state index in [1.54, 1.807) is 7.05 Å². The van der Waals surface area contributed by atoms with Crippen LogP contribution in [0.1, 0.15) is 11.8 Å². The summed E-state index contributed by atoms with van der Waals surface area (Å²) in [4.78, 5) is 9.98. The summed E-state index contributed by atoms with van der Waals surface area (Å²) in [5.74, 6) is 0.497. The van der Waals surface area contributed by atoms with Crippen LogP contribution >= 0.6 is 11.3 Å². The molecule has 0 fully saturated rings. The maximum atomic E-state index is 5.77. The van der Waals surface area contributed by atoms with Gasteiger partial charge in [-0.05, 0) is 13.0 Å². The lowest BCUT2D eigenvalue weighted by Gasteiger charge is -1.92. The average Bonchev–Trinajstić information content (AvgIpc) is 2.71. The number of hydrogen-bond acceptors (Lipinski definition) is 6. The molecule has 5 nitrogen and oxygen atoms in total. The molecule has 2 aromatic rings. The largest absolute Gasteiger partial charge is 0.383 e. The molecule has 2 aromatic heterocycles. The molecule has 82 valence electrons. The average molecular weight is 233 g/mol. The van der Waals surface area contributed by atoms with Gasteiger partial charge in [-0.15, -0.1) is 11.3 Å². The lowest BCUT2D eigenvalue weighted by molar-refractivity contribution is 1.18. The van der Waals surface area contributed by atoms with Crippen molar-refractivity contribution in [3.8, 4) is 0 Å². The lowest BCUT2D eigenvalue weighted by Crippen LogP contribution is -1.89. The summed E-state index contributed by atoms with van der Waals surface area (Å²) >= 11 is 1.53. The van der Waals surface area contributed by atoms with Gasteiger partial charge in [-0.2, -0.15) is 10.2 Å². The summed E-state index contributed by atoms with van der Waals surface area (Å²) in [7, 11) is 1.64. The SMILES string of the molecule is C/C=C(\N=NC)c1cc2c(N)ncnc2s1. The molecule has 2 rings (SSSR count). The third-order valence-electron chi connectivity index (χ3n) is 2.09. The summed E-state index contributed by atoms with van der Waals surface area (Å²) in [6, 6.07) is 1.94. The minimum atomic E-state index is 0.497. The zero-order valence-corrected chi connectivity index (χ0v) is 9.82. The second-order valence-electron chi connectivity index (χ2n) is 3.06. The Kier molecular flexibility index (Phi) is 2.91. The van der Waals surface area contributed by atoms with Gasteiger partial charge < -0.3 is 5.73 Å². The first-order chi connectivity index (χ1) is 7.76. The van der Waals surface area contributed by atoms with E-state index in [4.69, 9.17) is 5.73 Å². The number of hydrogen-bond donors (Lipinski definition) is 1. The summed E-state index contributed by atoms with van der Waals surface area (Å²) in [5.41, 5.74) is 6.59. The second kappa shape index (κ2) is 4.36. The number of nitrogen functional groups attached to an aromatic ring is 1. The van der Waals surface area contributed by atoms with Crippen LogP contribution in [0, 0.1) is 0 Å². The molecule has 0 aliphatic carbocycles. The van der Waals surface area contributed by atoms with E-state index in [9.17, 15) is 0 Å². The van der Waals surface area contributed by atoms with Crippen LogP contribution < -0.4 is 5.73 Å². The van der Waals surface area contributed by atoms with E-state index in [1.165, 1.54) is 17.7 Å². The number of rotatable bonds is 2. The van der Waals surface area contributed by atoms with Crippen LogP contribution in [0.25, 0.3) is 15.9 Å². The third-order valence-corrected chi connectivity index (χ3v) is 3.16. The fourth-order valence-corrected chi connectivity index (χ4v) is 2.38. The van der Waals surface area contributed by atoms with Gasteiger partial charge in [0.15, 0.2) is 0 Å². The molecule has 0 aliphatic rings. The molecule has 0 spiro atoms. The Morgan fingerprint density at radius 2 is 2.31 bits per heavy atom. The Hall–Kier alpha value is -1.82. The standard InChI is InChI=1S/C10H11N5S/c1-3-7(15-12-2)8-4-6-9(11)13-5-14-10(6)16-8/h3-5H,1-2H3,(H2,11,13,14)/b7-3-,15-12?. The van der Waals surface area contributed by atoms with E-state index in [0.29, 0.717) is 5.82 Å². The predicted octanol–water partition coefficient (Wildman–Crippen LogP) is 2.72. The number of nitrogens with zero attached hydrogens (tertiary/aromatic N) is 4. The summed E-state index contributed by atoms with van der Waals surface area (Å²) in [6.45, 7) is 1.92. The monoisotopic (exact) mass is 233 g/mol. The van der Waals surface area contributed by atoms with E-state index in [1.807, 2.05) is 19.1 Å². The van der Waals surface area contributed by atoms with Gasteiger partial charge in [0.2, 0.25) is 0 Å². The molecule has 0 atom stereocenters. The number of allylic oxidation sites excluding steroid dienone is 1. The van der Waals surface area contributed by atoms with Crippen molar-refractivity contribution < 1.29 is 0 Å².